The van der Waals surface area contributed by atoms with Crippen LogP contribution in [0.4, 0.5) is 0 Å². The topological polar surface area (TPSA) is 44.8 Å². The minimum atomic E-state index is -0.270. The molecule has 0 aliphatic carbocycles. The third-order valence-electron chi connectivity index (χ3n) is 3.71. The summed E-state index contributed by atoms with van der Waals surface area (Å²) in [4.78, 5) is 11.4. The summed E-state index contributed by atoms with van der Waals surface area (Å²) in [6.07, 6.45) is 5.90. The monoisotopic (exact) mass is 318 g/mol. The number of halogens is 1. The number of carbonyl (C=O) groups excluding carboxylic acids is 1. The molecule has 0 bridgehead atoms. The average Bonchev–Trinajstić information content (AvgIpc) is 2.99. The summed E-state index contributed by atoms with van der Waals surface area (Å²) in [5.41, 5.74) is 0.651. The average molecular weight is 319 g/mol. The molecule has 0 aromatic heterocycles. The van der Waals surface area contributed by atoms with Crippen molar-refractivity contribution in [3.63, 3.8) is 0 Å². The maximum atomic E-state index is 11.4. The van der Waals surface area contributed by atoms with Crippen LogP contribution in [0, 0.1) is 11.8 Å². The van der Waals surface area contributed by atoms with E-state index in [1.54, 1.807) is 6.92 Å². The Labute approximate surface area is 132 Å². The lowest BCUT2D eigenvalue weighted by Crippen LogP contribution is -2.23. The van der Waals surface area contributed by atoms with E-state index in [-0.39, 0.29) is 18.2 Å². The molecule has 0 N–H and O–H groups in total. The minimum Gasteiger partial charge on any atom is -0.466 e. The Morgan fingerprint density at radius 1 is 1.38 bits per heavy atom. The lowest BCUT2D eigenvalue weighted by Gasteiger charge is -2.24. The second-order valence-corrected chi connectivity index (χ2v) is 5.99. The number of hydrogen-bond donors (Lipinski definition) is 0. The highest BCUT2D eigenvalue weighted by Gasteiger charge is 2.27. The van der Waals surface area contributed by atoms with E-state index in [0.29, 0.717) is 30.6 Å². The minimum absolute atomic E-state index is 0.116. The van der Waals surface area contributed by atoms with Crippen molar-refractivity contribution in [2.24, 2.45) is 11.8 Å². The second-order valence-electron chi connectivity index (χ2n) is 5.61. The summed E-state index contributed by atoms with van der Waals surface area (Å²) < 4.78 is 16.0. The van der Waals surface area contributed by atoms with Gasteiger partial charge >= 0.3 is 5.97 Å². The Morgan fingerprint density at radius 3 is 2.62 bits per heavy atom. The van der Waals surface area contributed by atoms with E-state index in [0.717, 1.165) is 25.7 Å². The summed E-state index contributed by atoms with van der Waals surface area (Å²) in [7, 11) is 1.40. The summed E-state index contributed by atoms with van der Waals surface area (Å²) in [6, 6.07) is 0. The first-order valence-electron chi connectivity index (χ1n) is 7.64. The molecule has 0 aromatic carbocycles. The molecule has 0 spiro atoms. The van der Waals surface area contributed by atoms with Crippen molar-refractivity contribution in [2.75, 3.05) is 26.2 Å². The van der Waals surface area contributed by atoms with Crippen LogP contribution in [0.3, 0.4) is 0 Å². The zero-order valence-corrected chi connectivity index (χ0v) is 14.0. The second kappa shape index (κ2) is 10.2. The van der Waals surface area contributed by atoms with Crippen LogP contribution in [-0.4, -0.2) is 38.5 Å². The molecule has 21 heavy (non-hydrogen) atoms. The first-order valence-corrected chi connectivity index (χ1v) is 8.17. The molecule has 1 heterocycles. The first-order chi connectivity index (χ1) is 10.1. The molecule has 0 radical (unpaired) electrons. The van der Waals surface area contributed by atoms with Crippen LogP contribution >= 0.6 is 11.6 Å². The SMILES string of the molecule is COC(=O)/C(C)=C/[C@H](C)C[C@@H](CCCCCl)C1OCCO1. The molecule has 2 atom stereocenters. The smallest absolute Gasteiger partial charge is 0.333 e. The highest BCUT2D eigenvalue weighted by molar-refractivity contribution is 6.17. The van der Waals surface area contributed by atoms with Gasteiger partial charge in [0.1, 0.15) is 0 Å². The number of allylic oxidation sites excluding steroid dienone is 1. The van der Waals surface area contributed by atoms with Crippen molar-refractivity contribution in [1.29, 1.82) is 0 Å². The molecule has 0 saturated carbocycles. The fraction of sp³-hybridized carbons (Fsp3) is 0.812. The molecular formula is C16H27ClO4. The molecule has 1 saturated heterocycles. The number of rotatable bonds is 9. The molecule has 0 aromatic rings. The molecule has 1 aliphatic rings. The number of esters is 1. The number of methoxy groups -OCH3 is 1. The highest BCUT2D eigenvalue weighted by Crippen LogP contribution is 2.28. The van der Waals surface area contributed by atoms with Gasteiger partial charge in [0, 0.05) is 17.4 Å². The predicted octanol–water partition coefficient (Wildman–Crippen LogP) is 3.53. The lowest BCUT2D eigenvalue weighted by molar-refractivity contribution is -0.136. The van der Waals surface area contributed by atoms with E-state index >= 15 is 0 Å². The molecule has 122 valence electrons. The zero-order valence-electron chi connectivity index (χ0n) is 13.3. The Bertz CT molecular complexity index is 337. The van der Waals surface area contributed by atoms with Crippen LogP contribution in [0.2, 0.25) is 0 Å². The standard InChI is InChI=1S/C16H27ClO4/c1-12(10-13(2)15(18)19-3)11-14(6-4-5-7-17)16-20-8-9-21-16/h10,12,14,16H,4-9,11H2,1-3H3/b13-10+/t12-,14+/m0/s1. The number of unbranched alkanes of at least 4 members (excludes halogenated alkanes) is 1. The van der Waals surface area contributed by atoms with Gasteiger partial charge < -0.3 is 14.2 Å². The fourth-order valence-corrected chi connectivity index (χ4v) is 2.91. The van der Waals surface area contributed by atoms with Crippen molar-refractivity contribution < 1.29 is 19.0 Å². The Morgan fingerprint density at radius 2 is 2.05 bits per heavy atom. The van der Waals surface area contributed by atoms with Gasteiger partial charge in [0.25, 0.3) is 0 Å². The quantitative estimate of drug-likeness (QED) is 0.282. The number of alkyl halides is 1. The molecule has 4 nitrogen and oxygen atoms in total. The third kappa shape index (κ3) is 6.81. The predicted molar refractivity (Wildman–Crippen MR) is 83.3 cm³/mol. The summed E-state index contributed by atoms with van der Waals surface area (Å²) in [5, 5.41) is 0. The van der Waals surface area contributed by atoms with Crippen LogP contribution in [0.25, 0.3) is 0 Å². The Balaban J connectivity index is 2.55. The van der Waals surface area contributed by atoms with E-state index in [1.807, 2.05) is 6.08 Å². The largest absolute Gasteiger partial charge is 0.466 e. The van der Waals surface area contributed by atoms with Gasteiger partial charge in [-0.3, -0.25) is 0 Å². The molecule has 0 amide bonds. The van der Waals surface area contributed by atoms with Gasteiger partial charge in [-0.2, -0.15) is 0 Å². The highest BCUT2D eigenvalue weighted by atomic mass is 35.5. The van der Waals surface area contributed by atoms with Crippen molar-refractivity contribution >= 4 is 17.6 Å². The summed E-state index contributed by atoms with van der Waals surface area (Å²) >= 11 is 5.75. The van der Waals surface area contributed by atoms with Crippen molar-refractivity contribution in [3.05, 3.63) is 11.6 Å². The third-order valence-corrected chi connectivity index (χ3v) is 3.97. The number of ether oxygens (including phenoxy) is 3. The van der Waals surface area contributed by atoms with Gasteiger partial charge in [-0.05, 0) is 32.1 Å². The van der Waals surface area contributed by atoms with E-state index in [1.165, 1.54) is 7.11 Å². The zero-order chi connectivity index (χ0) is 15.7. The van der Waals surface area contributed by atoms with E-state index in [2.05, 4.69) is 6.92 Å². The van der Waals surface area contributed by atoms with Crippen LogP contribution in [0.1, 0.15) is 39.5 Å². The molecule has 1 fully saturated rings. The van der Waals surface area contributed by atoms with Crippen molar-refractivity contribution in [1.82, 2.24) is 0 Å². The number of hydrogen-bond acceptors (Lipinski definition) is 4. The fourth-order valence-electron chi connectivity index (χ4n) is 2.72. The van der Waals surface area contributed by atoms with Crippen LogP contribution in [0.15, 0.2) is 11.6 Å². The van der Waals surface area contributed by atoms with Crippen molar-refractivity contribution in [3.8, 4) is 0 Å². The van der Waals surface area contributed by atoms with Crippen molar-refractivity contribution in [2.45, 2.75) is 45.8 Å². The summed E-state index contributed by atoms with van der Waals surface area (Å²) in [6.45, 7) is 5.23. The molecule has 1 rings (SSSR count). The van der Waals surface area contributed by atoms with Gasteiger partial charge in [-0.25, -0.2) is 4.79 Å². The molecule has 1 aliphatic heterocycles. The Kier molecular flexibility index (Phi) is 8.97. The van der Waals surface area contributed by atoms with Gasteiger partial charge in [0.15, 0.2) is 6.29 Å². The maximum absolute atomic E-state index is 11.4. The molecule has 5 heteroatoms. The first kappa shape index (κ1) is 18.5. The molecular weight excluding hydrogens is 292 g/mol. The van der Waals surface area contributed by atoms with Gasteiger partial charge in [-0.1, -0.05) is 19.4 Å². The van der Waals surface area contributed by atoms with Gasteiger partial charge in [0.05, 0.1) is 20.3 Å². The summed E-state index contributed by atoms with van der Waals surface area (Å²) in [5.74, 6) is 1.04. The van der Waals surface area contributed by atoms with E-state index in [4.69, 9.17) is 25.8 Å². The molecule has 0 unspecified atom stereocenters. The van der Waals surface area contributed by atoms with Crippen LogP contribution in [0.5, 0.6) is 0 Å². The maximum Gasteiger partial charge on any atom is 0.333 e. The Hall–Kier alpha value is -0.580. The van der Waals surface area contributed by atoms with Crippen LogP contribution in [-0.2, 0) is 19.0 Å². The van der Waals surface area contributed by atoms with E-state index < -0.39 is 0 Å². The number of carbonyl (C=O) groups is 1. The lowest BCUT2D eigenvalue weighted by atomic mass is 9.90. The normalized spacial score (nSPS) is 19.5. The van der Waals surface area contributed by atoms with Gasteiger partial charge in [0.2, 0.25) is 0 Å². The van der Waals surface area contributed by atoms with E-state index in [9.17, 15) is 4.79 Å². The van der Waals surface area contributed by atoms with Crippen LogP contribution < -0.4 is 0 Å². The van der Waals surface area contributed by atoms with Gasteiger partial charge in [-0.15, -0.1) is 11.6 Å².